The zero-order valence-corrected chi connectivity index (χ0v) is 12.5. The Morgan fingerprint density at radius 2 is 2.21 bits per heavy atom. The van der Waals surface area contributed by atoms with Gasteiger partial charge in [0.05, 0.1) is 5.02 Å². The van der Waals surface area contributed by atoms with Crippen molar-refractivity contribution in [3.8, 4) is 11.4 Å². The highest BCUT2D eigenvalue weighted by molar-refractivity contribution is 9.10. The van der Waals surface area contributed by atoms with Crippen LogP contribution in [0.1, 0.15) is 11.3 Å². The summed E-state index contributed by atoms with van der Waals surface area (Å²) in [6, 6.07) is 5.35. The fourth-order valence-corrected chi connectivity index (χ4v) is 2.22. The van der Waals surface area contributed by atoms with Gasteiger partial charge in [-0.25, -0.2) is 4.98 Å². The molecule has 1 heterocycles. The van der Waals surface area contributed by atoms with Gasteiger partial charge in [-0.3, -0.25) is 4.79 Å². The van der Waals surface area contributed by atoms with Crippen molar-refractivity contribution in [3.63, 3.8) is 0 Å². The Kier molecular flexibility index (Phi) is 4.39. The minimum Gasteiger partial charge on any atom is -0.396 e. The van der Waals surface area contributed by atoms with Gasteiger partial charge in [0.25, 0.3) is 5.56 Å². The highest BCUT2D eigenvalue weighted by atomic mass is 79.9. The number of aliphatic hydroxyl groups excluding tert-OH is 1. The van der Waals surface area contributed by atoms with E-state index in [9.17, 15) is 4.79 Å². The number of aryl methyl sites for hydroxylation is 1. The standard InChI is InChI=1S/C13H12BrClN2O2/c1-7-9(4-5-18)13(19)17-12(16-7)8-2-3-10(14)11(15)6-8/h2-3,6,18H,4-5H2,1H3,(H,16,17,19). The van der Waals surface area contributed by atoms with Crippen LogP contribution in [0.25, 0.3) is 11.4 Å². The lowest BCUT2D eigenvalue weighted by Crippen LogP contribution is -2.18. The Hall–Kier alpha value is -1.17. The minimum atomic E-state index is -0.226. The molecule has 6 heteroatoms. The zero-order chi connectivity index (χ0) is 14.0. The Bertz CT molecular complexity index is 670. The summed E-state index contributed by atoms with van der Waals surface area (Å²) < 4.78 is 0.786. The predicted molar refractivity (Wildman–Crippen MR) is 78.5 cm³/mol. The number of aromatic nitrogens is 2. The topological polar surface area (TPSA) is 66.0 Å². The number of benzene rings is 1. The van der Waals surface area contributed by atoms with E-state index in [-0.39, 0.29) is 12.2 Å². The molecule has 1 aromatic carbocycles. The lowest BCUT2D eigenvalue weighted by Gasteiger charge is -2.07. The van der Waals surface area contributed by atoms with E-state index in [2.05, 4.69) is 25.9 Å². The summed E-state index contributed by atoms with van der Waals surface area (Å²) in [5.41, 5.74) is 1.64. The van der Waals surface area contributed by atoms with E-state index in [1.807, 2.05) is 6.07 Å². The molecule has 1 aromatic heterocycles. The molecule has 2 N–H and O–H groups in total. The first kappa shape index (κ1) is 14.2. The van der Waals surface area contributed by atoms with Crippen LogP contribution in [0.2, 0.25) is 5.02 Å². The van der Waals surface area contributed by atoms with Gasteiger partial charge in [0.1, 0.15) is 5.82 Å². The molecule has 0 amide bonds. The number of rotatable bonds is 3. The number of hydrogen-bond acceptors (Lipinski definition) is 3. The normalized spacial score (nSPS) is 10.7. The molecule has 0 aliphatic carbocycles. The summed E-state index contributed by atoms with van der Waals surface area (Å²) in [6.45, 7) is 1.68. The number of H-pyrrole nitrogens is 1. The number of nitrogens with one attached hydrogen (secondary N) is 1. The van der Waals surface area contributed by atoms with Crippen LogP contribution >= 0.6 is 27.5 Å². The number of hydrogen-bond donors (Lipinski definition) is 2. The van der Waals surface area contributed by atoms with Crippen molar-refractivity contribution in [1.82, 2.24) is 9.97 Å². The fourth-order valence-electron chi connectivity index (χ4n) is 1.80. The molecule has 100 valence electrons. The van der Waals surface area contributed by atoms with Gasteiger partial charge in [-0.2, -0.15) is 0 Å². The highest BCUT2D eigenvalue weighted by Gasteiger charge is 2.10. The molecule has 0 spiro atoms. The first-order valence-electron chi connectivity index (χ1n) is 5.69. The zero-order valence-electron chi connectivity index (χ0n) is 10.2. The maximum atomic E-state index is 11.9. The highest BCUT2D eigenvalue weighted by Crippen LogP contribution is 2.27. The van der Waals surface area contributed by atoms with Gasteiger partial charge in [-0.05, 0) is 35.0 Å². The molecule has 4 nitrogen and oxygen atoms in total. The predicted octanol–water partition coefficient (Wildman–Crippen LogP) is 2.70. The van der Waals surface area contributed by atoms with Crippen molar-refractivity contribution in [1.29, 1.82) is 0 Å². The molecule has 0 fully saturated rings. The van der Waals surface area contributed by atoms with Gasteiger partial charge < -0.3 is 10.1 Å². The lowest BCUT2D eigenvalue weighted by atomic mass is 10.1. The van der Waals surface area contributed by atoms with Crippen LogP contribution in [-0.2, 0) is 6.42 Å². The monoisotopic (exact) mass is 342 g/mol. The number of aromatic amines is 1. The van der Waals surface area contributed by atoms with E-state index < -0.39 is 0 Å². The van der Waals surface area contributed by atoms with Gasteiger partial charge >= 0.3 is 0 Å². The maximum absolute atomic E-state index is 11.9. The summed E-state index contributed by atoms with van der Waals surface area (Å²) in [7, 11) is 0. The first-order chi connectivity index (χ1) is 9.02. The molecule has 2 rings (SSSR count). The molecule has 19 heavy (non-hydrogen) atoms. The Balaban J connectivity index is 2.52. The molecule has 0 saturated heterocycles. The van der Waals surface area contributed by atoms with Crippen LogP contribution in [0.4, 0.5) is 0 Å². The molecule has 2 aromatic rings. The smallest absolute Gasteiger partial charge is 0.254 e. The second kappa shape index (κ2) is 5.86. The van der Waals surface area contributed by atoms with E-state index >= 15 is 0 Å². The summed E-state index contributed by atoms with van der Waals surface area (Å²) in [5.74, 6) is 0.471. The van der Waals surface area contributed by atoms with E-state index in [0.29, 0.717) is 28.5 Å². The minimum absolute atomic E-state index is 0.0743. The third-order valence-electron chi connectivity index (χ3n) is 2.78. The average molecular weight is 344 g/mol. The Labute approximate surface area is 123 Å². The van der Waals surface area contributed by atoms with Crippen molar-refractivity contribution in [2.75, 3.05) is 6.61 Å². The second-order valence-corrected chi connectivity index (χ2v) is 5.34. The largest absolute Gasteiger partial charge is 0.396 e. The van der Waals surface area contributed by atoms with Crippen LogP contribution in [0.5, 0.6) is 0 Å². The molecular formula is C13H12BrClN2O2. The van der Waals surface area contributed by atoms with Crippen LogP contribution in [-0.4, -0.2) is 21.7 Å². The van der Waals surface area contributed by atoms with Crippen molar-refractivity contribution >= 4 is 27.5 Å². The van der Waals surface area contributed by atoms with Gasteiger partial charge in [-0.1, -0.05) is 17.7 Å². The van der Waals surface area contributed by atoms with Crippen LogP contribution in [0, 0.1) is 6.92 Å². The number of aliphatic hydroxyl groups is 1. The Morgan fingerprint density at radius 3 is 2.79 bits per heavy atom. The average Bonchev–Trinajstić information content (AvgIpc) is 2.37. The van der Waals surface area contributed by atoms with Crippen LogP contribution < -0.4 is 5.56 Å². The van der Waals surface area contributed by atoms with Crippen molar-refractivity contribution < 1.29 is 5.11 Å². The summed E-state index contributed by atoms with van der Waals surface area (Å²) in [6.07, 6.45) is 0.301. The summed E-state index contributed by atoms with van der Waals surface area (Å²) in [4.78, 5) is 19.0. The fraction of sp³-hybridized carbons (Fsp3) is 0.231. The van der Waals surface area contributed by atoms with Gasteiger partial charge in [0.2, 0.25) is 0 Å². The molecule has 0 saturated carbocycles. The molecule has 0 unspecified atom stereocenters. The lowest BCUT2D eigenvalue weighted by molar-refractivity contribution is 0.298. The van der Waals surface area contributed by atoms with E-state index in [4.69, 9.17) is 16.7 Å². The molecular weight excluding hydrogens is 332 g/mol. The van der Waals surface area contributed by atoms with Gasteiger partial charge in [-0.15, -0.1) is 0 Å². The van der Waals surface area contributed by atoms with Gasteiger partial charge in [0, 0.05) is 34.3 Å². The molecule has 0 aliphatic heterocycles. The molecule has 0 bridgehead atoms. The van der Waals surface area contributed by atoms with Crippen molar-refractivity contribution in [2.24, 2.45) is 0 Å². The van der Waals surface area contributed by atoms with E-state index in [1.165, 1.54) is 0 Å². The van der Waals surface area contributed by atoms with Crippen LogP contribution in [0.15, 0.2) is 27.5 Å². The third kappa shape index (κ3) is 3.05. The molecule has 0 aliphatic rings. The molecule has 0 radical (unpaired) electrons. The van der Waals surface area contributed by atoms with E-state index in [0.717, 1.165) is 10.0 Å². The Morgan fingerprint density at radius 1 is 1.47 bits per heavy atom. The molecule has 0 atom stereocenters. The summed E-state index contributed by atoms with van der Waals surface area (Å²) >= 11 is 9.34. The quantitative estimate of drug-likeness (QED) is 0.900. The third-order valence-corrected chi connectivity index (χ3v) is 4.01. The maximum Gasteiger partial charge on any atom is 0.254 e. The second-order valence-electron chi connectivity index (χ2n) is 4.08. The SMILES string of the molecule is Cc1nc(-c2ccc(Br)c(Cl)c2)[nH]c(=O)c1CCO. The van der Waals surface area contributed by atoms with E-state index in [1.54, 1.807) is 19.1 Å². The summed E-state index contributed by atoms with van der Waals surface area (Å²) in [5, 5.41) is 9.47. The first-order valence-corrected chi connectivity index (χ1v) is 6.86. The van der Waals surface area contributed by atoms with Crippen molar-refractivity contribution in [2.45, 2.75) is 13.3 Å². The number of halogens is 2. The van der Waals surface area contributed by atoms with Crippen LogP contribution in [0.3, 0.4) is 0 Å². The van der Waals surface area contributed by atoms with Gasteiger partial charge in [0.15, 0.2) is 0 Å². The number of nitrogens with zero attached hydrogens (tertiary/aromatic N) is 1. The van der Waals surface area contributed by atoms with Crippen molar-refractivity contribution in [3.05, 3.63) is 49.3 Å².